The number of nitrogens with one attached hydrogen (secondary N) is 2. The van der Waals surface area contributed by atoms with Crippen molar-refractivity contribution in [2.45, 2.75) is 32.3 Å². The van der Waals surface area contributed by atoms with E-state index in [1.165, 1.54) is 0 Å². The number of carbonyl (C=O) groups is 2. The Morgan fingerprint density at radius 2 is 2.15 bits per heavy atom. The zero-order chi connectivity index (χ0) is 14.4. The molecule has 5 heteroatoms. The minimum absolute atomic E-state index is 0.107. The first kappa shape index (κ1) is 14.5. The fraction of sp³-hybridized carbons (Fsp3) is 0.467. The van der Waals surface area contributed by atoms with Gasteiger partial charge in [0, 0.05) is 19.6 Å². The zero-order valence-corrected chi connectivity index (χ0v) is 11.6. The van der Waals surface area contributed by atoms with Gasteiger partial charge < -0.3 is 15.4 Å². The Morgan fingerprint density at radius 3 is 2.85 bits per heavy atom. The molecule has 1 fully saturated rings. The standard InChI is InChI=1S/C15H20N2O3/c1-2-14(18)17-13-8-4-3-7-12(13)15(19)16-10-11-6-5-9-20-11/h3-4,7-8,11H,2,5-6,9-10H2,1H3,(H,16,19)(H,17,18)/t11-/m0/s1. The van der Waals surface area contributed by atoms with E-state index < -0.39 is 0 Å². The molecule has 1 aliphatic rings. The second kappa shape index (κ2) is 7.05. The van der Waals surface area contributed by atoms with Crippen molar-refractivity contribution in [3.63, 3.8) is 0 Å². The molecular formula is C15H20N2O3. The number of carbonyl (C=O) groups excluding carboxylic acids is 2. The highest BCUT2D eigenvalue weighted by Crippen LogP contribution is 2.16. The third-order valence-electron chi connectivity index (χ3n) is 3.28. The summed E-state index contributed by atoms with van der Waals surface area (Å²) in [6, 6.07) is 7.01. The summed E-state index contributed by atoms with van der Waals surface area (Å²) in [6.07, 6.45) is 2.51. The van der Waals surface area contributed by atoms with Crippen LogP contribution in [0.3, 0.4) is 0 Å². The smallest absolute Gasteiger partial charge is 0.253 e. The Kier molecular flexibility index (Phi) is 5.12. The van der Waals surface area contributed by atoms with E-state index in [0.717, 1.165) is 19.4 Å². The van der Waals surface area contributed by atoms with E-state index in [9.17, 15) is 9.59 Å². The van der Waals surface area contributed by atoms with Gasteiger partial charge in [0.15, 0.2) is 0 Å². The van der Waals surface area contributed by atoms with Gasteiger partial charge in [-0.2, -0.15) is 0 Å². The van der Waals surface area contributed by atoms with Gasteiger partial charge in [0.2, 0.25) is 5.91 Å². The maximum atomic E-state index is 12.2. The Hall–Kier alpha value is -1.88. The highest BCUT2D eigenvalue weighted by Gasteiger charge is 2.18. The van der Waals surface area contributed by atoms with Crippen molar-refractivity contribution in [1.82, 2.24) is 5.32 Å². The highest BCUT2D eigenvalue weighted by molar-refractivity contribution is 6.03. The van der Waals surface area contributed by atoms with E-state index >= 15 is 0 Å². The summed E-state index contributed by atoms with van der Waals surface area (Å²) < 4.78 is 5.47. The van der Waals surface area contributed by atoms with Crippen LogP contribution in [-0.4, -0.2) is 31.1 Å². The van der Waals surface area contributed by atoms with Gasteiger partial charge in [-0.3, -0.25) is 9.59 Å². The molecule has 0 bridgehead atoms. The first-order valence-corrected chi connectivity index (χ1v) is 6.99. The van der Waals surface area contributed by atoms with Crippen LogP contribution in [0.2, 0.25) is 0 Å². The lowest BCUT2D eigenvalue weighted by atomic mass is 10.1. The Morgan fingerprint density at radius 1 is 1.35 bits per heavy atom. The van der Waals surface area contributed by atoms with Gasteiger partial charge in [0.1, 0.15) is 0 Å². The molecule has 1 aliphatic heterocycles. The van der Waals surface area contributed by atoms with E-state index in [-0.39, 0.29) is 17.9 Å². The lowest BCUT2D eigenvalue weighted by Crippen LogP contribution is -2.32. The van der Waals surface area contributed by atoms with E-state index in [0.29, 0.717) is 24.2 Å². The first-order chi connectivity index (χ1) is 9.70. The Balaban J connectivity index is 1.99. The number of benzene rings is 1. The Bertz CT molecular complexity index is 482. The van der Waals surface area contributed by atoms with Crippen LogP contribution in [0.25, 0.3) is 0 Å². The summed E-state index contributed by atoms with van der Waals surface area (Å²) in [5.41, 5.74) is 1.02. The average Bonchev–Trinajstić information content (AvgIpc) is 2.98. The first-order valence-electron chi connectivity index (χ1n) is 6.99. The van der Waals surface area contributed by atoms with E-state index in [4.69, 9.17) is 4.74 Å². The summed E-state index contributed by atoms with van der Waals surface area (Å²) in [5.74, 6) is -0.295. The highest BCUT2D eigenvalue weighted by atomic mass is 16.5. The van der Waals surface area contributed by atoms with Crippen LogP contribution in [-0.2, 0) is 9.53 Å². The normalized spacial score (nSPS) is 17.8. The van der Waals surface area contributed by atoms with Crippen LogP contribution in [0.5, 0.6) is 0 Å². The maximum absolute atomic E-state index is 12.2. The van der Waals surface area contributed by atoms with Gasteiger partial charge in [-0.1, -0.05) is 19.1 Å². The number of rotatable bonds is 5. The predicted octanol–water partition coefficient (Wildman–Crippen LogP) is 1.94. The molecule has 1 heterocycles. The number of amides is 2. The molecule has 2 amide bonds. The van der Waals surface area contributed by atoms with E-state index in [2.05, 4.69) is 10.6 Å². The summed E-state index contributed by atoms with van der Waals surface area (Å²) >= 11 is 0. The monoisotopic (exact) mass is 276 g/mol. The van der Waals surface area contributed by atoms with E-state index in [1.54, 1.807) is 31.2 Å². The Labute approximate surface area is 118 Å². The molecule has 0 aromatic heterocycles. The zero-order valence-electron chi connectivity index (χ0n) is 11.6. The minimum Gasteiger partial charge on any atom is -0.376 e. The molecule has 0 saturated carbocycles. The minimum atomic E-state index is -0.187. The van der Waals surface area contributed by atoms with Crippen molar-refractivity contribution >= 4 is 17.5 Å². The molecule has 20 heavy (non-hydrogen) atoms. The van der Waals surface area contributed by atoms with Crippen molar-refractivity contribution in [3.05, 3.63) is 29.8 Å². The summed E-state index contributed by atoms with van der Waals surface area (Å²) in [6.45, 7) is 3.05. The molecule has 1 aromatic carbocycles. The van der Waals surface area contributed by atoms with Gasteiger partial charge >= 0.3 is 0 Å². The predicted molar refractivity (Wildman–Crippen MR) is 76.7 cm³/mol. The van der Waals surface area contributed by atoms with Gasteiger partial charge in [-0.05, 0) is 25.0 Å². The third-order valence-corrected chi connectivity index (χ3v) is 3.28. The molecule has 1 saturated heterocycles. The van der Waals surface area contributed by atoms with E-state index in [1.807, 2.05) is 0 Å². The van der Waals surface area contributed by atoms with Crippen LogP contribution >= 0.6 is 0 Å². The molecule has 2 rings (SSSR count). The van der Waals surface area contributed by atoms with Crippen LogP contribution in [0.4, 0.5) is 5.69 Å². The molecule has 2 N–H and O–H groups in total. The number of para-hydroxylation sites is 1. The number of hydrogen-bond acceptors (Lipinski definition) is 3. The topological polar surface area (TPSA) is 67.4 Å². The fourth-order valence-electron chi connectivity index (χ4n) is 2.14. The second-order valence-electron chi connectivity index (χ2n) is 4.79. The number of anilines is 1. The van der Waals surface area contributed by atoms with Crippen molar-refractivity contribution in [2.75, 3.05) is 18.5 Å². The van der Waals surface area contributed by atoms with Crippen molar-refractivity contribution in [1.29, 1.82) is 0 Å². The van der Waals surface area contributed by atoms with Gasteiger partial charge in [0.05, 0.1) is 17.4 Å². The molecule has 5 nitrogen and oxygen atoms in total. The lowest BCUT2D eigenvalue weighted by molar-refractivity contribution is -0.115. The summed E-state index contributed by atoms with van der Waals surface area (Å²) in [7, 11) is 0. The summed E-state index contributed by atoms with van der Waals surface area (Å²) in [5, 5.41) is 5.60. The fourth-order valence-corrected chi connectivity index (χ4v) is 2.14. The van der Waals surface area contributed by atoms with Crippen molar-refractivity contribution < 1.29 is 14.3 Å². The molecule has 0 radical (unpaired) electrons. The molecular weight excluding hydrogens is 256 g/mol. The van der Waals surface area contributed by atoms with Crippen LogP contribution < -0.4 is 10.6 Å². The van der Waals surface area contributed by atoms with Gasteiger partial charge in [-0.25, -0.2) is 0 Å². The second-order valence-corrected chi connectivity index (χ2v) is 4.79. The third kappa shape index (κ3) is 3.81. The number of hydrogen-bond donors (Lipinski definition) is 2. The van der Waals surface area contributed by atoms with Gasteiger partial charge in [-0.15, -0.1) is 0 Å². The SMILES string of the molecule is CCC(=O)Nc1ccccc1C(=O)NC[C@@H]1CCCO1. The maximum Gasteiger partial charge on any atom is 0.253 e. The molecule has 1 aromatic rings. The molecule has 108 valence electrons. The van der Waals surface area contributed by atoms with Crippen molar-refractivity contribution in [3.8, 4) is 0 Å². The van der Waals surface area contributed by atoms with Crippen LogP contribution in [0.15, 0.2) is 24.3 Å². The molecule has 1 atom stereocenters. The van der Waals surface area contributed by atoms with Gasteiger partial charge in [0.25, 0.3) is 5.91 Å². The van der Waals surface area contributed by atoms with Crippen LogP contribution in [0, 0.1) is 0 Å². The van der Waals surface area contributed by atoms with Crippen molar-refractivity contribution in [2.24, 2.45) is 0 Å². The quantitative estimate of drug-likeness (QED) is 0.863. The molecule has 0 aliphatic carbocycles. The number of ether oxygens (including phenoxy) is 1. The molecule has 0 spiro atoms. The average molecular weight is 276 g/mol. The van der Waals surface area contributed by atoms with Crippen LogP contribution in [0.1, 0.15) is 36.5 Å². The largest absolute Gasteiger partial charge is 0.376 e. The molecule has 0 unspecified atom stereocenters. The summed E-state index contributed by atoms with van der Waals surface area (Å²) in [4.78, 5) is 23.6. The lowest BCUT2D eigenvalue weighted by Gasteiger charge is -2.13.